The van der Waals surface area contributed by atoms with Crippen molar-refractivity contribution in [2.45, 2.75) is 6.61 Å². The summed E-state index contributed by atoms with van der Waals surface area (Å²) in [6.07, 6.45) is 5.12. The number of benzene rings is 2. The highest BCUT2D eigenvalue weighted by Crippen LogP contribution is 2.29. The SMILES string of the molecule is Cn1ccc2cc(Oc3cncc4nnc(-c5ccc(OC(F)F)cc5)n34)ccc21. The van der Waals surface area contributed by atoms with Crippen LogP contribution in [0, 0.1) is 0 Å². The minimum Gasteiger partial charge on any atom is -0.439 e. The molecule has 7 nitrogen and oxygen atoms in total. The van der Waals surface area contributed by atoms with Crippen molar-refractivity contribution >= 4 is 16.6 Å². The second-order valence-electron chi connectivity index (χ2n) is 6.61. The van der Waals surface area contributed by atoms with E-state index < -0.39 is 6.61 Å². The van der Waals surface area contributed by atoms with Gasteiger partial charge in [0.2, 0.25) is 5.88 Å². The number of halogens is 2. The molecule has 0 unspecified atom stereocenters. The normalized spacial score (nSPS) is 11.5. The Hall–Kier alpha value is -4.01. The van der Waals surface area contributed by atoms with Gasteiger partial charge in [0.1, 0.15) is 11.5 Å². The van der Waals surface area contributed by atoms with Crippen LogP contribution in [0.4, 0.5) is 8.78 Å². The molecule has 0 saturated carbocycles. The monoisotopic (exact) mass is 407 g/mol. The molecule has 30 heavy (non-hydrogen) atoms. The predicted octanol–water partition coefficient (Wildman–Crippen LogP) is 4.68. The summed E-state index contributed by atoms with van der Waals surface area (Å²) in [5.41, 5.74) is 2.25. The first-order chi connectivity index (χ1) is 14.6. The molecule has 0 fully saturated rings. The Labute approximate surface area is 169 Å². The van der Waals surface area contributed by atoms with Crippen LogP contribution in [0.15, 0.2) is 67.1 Å². The van der Waals surface area contributed by atoms with Gasteiger partial charge in [-0.15, -0.1) is 10.2 Å². The Morgan fingerprint density at radius 3 is 2.53 bits per heavy atom. The number of alkyl halides is 2. The van der Waals surface area contributed by atoms with Crippen molar-refractivity contribution < 1.29 is 18.3 Å². The van der Waals surface area contributed by atoms with Crippen LogP contribution in [0.3, 0.4) is 0 Å². The summed E-state index contributed by atoms with van der Waals surface area (Å²) in [4.78, 5) is 4.17. The van der Waals surface area contributed by atoms with Gasteiger partial charge in [0.15, 0.2) is 11.5 Å². The summed E-state index contributed by atoms with van der Waals surface area (Å²) >= 11 is 0. The Kier molecular flexibility index (Phi) is 4.27. The van der Waals surface area contributed by atoms with Gasteiger partial charge in [0.25, 0.3) is 0 Å². The summed E-state index contributed by atoms with van der Waals surface area (Å²) in [6, 6.07) is 14.0. The minimum atomic E-state index is -2.88. The number of ether oxygens (including phenoxy) is 2. The van der Waals surface area contributed by atoms with Crippen molar-refractivity contribution in [2.75, 3.05) is 0 Å². The van der Waals surface area contributed by atoms with E-state index in [2.05, 4.69) is 19.9 Å². The standard InChI is InChI=1S/C21H15F2N5O2/c1-27-9-8-14-10-16(6-7-17(14)27)29-19-12-24-11-18-25-26-20(28(18)19)13-2-4-15(5-3-13)30-21(22)23/h2-12,21H,1H3. The van der Waals surface area contributed by atoms with Crippen LogP contribution in [0.1, 0.15) is 0 Å². The lowest BCUT2D eigenvalue weighted by Crippen LogP contribution is -2.01. The Bertz CT molecular complexity index is 1350. The molecule has 3 heterocycles. The zero-order valence-electron chi connectivity index (χ0n) is 15.7. The van der Waals surface area contributed by atoms with E-state index in [1.54, 1.807) is 28.9 Å². The van der Waals surface area contributed by atoms with Crippen LogP contribution in [0.2, 0.25) is 0 Å². The fourth-order valence-electron chi connectivity index (χ4n) is 3.31. The van der Waals surface area contributed by atoms with Gasteiger partial charge in [-0.25, -0.2) is 4.40 Å². The molecule has 0 aliphatic rings. The third kappa shape index (κ3) is 3.20. The fraction of sp³-hybridized carbons (Fsp3) is 0.0952. The van der Waals surface area contributed by atoms with Crippen molar-refractivity contribution in [2.24, 2.45) is 7.05 Å². The molecule has 0 spiro atoms. The molecule has 0 radical (unpaired) electrons. The summed E-state index contributed by atoms with van der Waals surface area (Å²) in [7, 11) is 1.98. The van der Waals surface area contributed by atoms with Crippen molar-refractivity contribution in [3.05, 3.63) is 67.1 Å². The van der Waals surface area contributed by atoms with Gasteiger partial charge in [0, 0.05) is 29.7 Å². The van der Waals surface area contributed by atoms with Gasteiger partial charge in [0.05, 0.1) is 12.4 Å². The zero-order valence-corrected chi connectivity index (χ0v) is 15.7. The second-order valence-corrected chi connectivity index (χ2v) is 6.61. The third-order valence-corrected chi connectivity index (χ3v) is 4.70. The molecule has 5 aromatic rings. The van der Waals surface area contributed by atoms with E-state index in [1.807, 2.05) is 42.1 Å². The first-order valence-corrected chi connectivity index (χ1v) is 9.06. The van der Waals surface area contributed by atoms with Crippen molar-refractivity contribution in [1.82, 2.24) is 24.1 Å². The summed E-state index contributed by atoms with van der Waals surface area (Å²) < 4.78 is 39.0. The number of aryl methyl sites for hydroxylation is 1. The number of hydrogen-bond acceptors (Lipinski definition) is 5. The molecule has 150 valence electrons. The molecule has 0 atom stereocenters. The van der Waals surface area contributed by atoms with Crippen LogP contribution in [-0.4, -0.2) is 30.8 Å². The van der Waals surface area contributed by atoms with Gasteiger partial charge in [-0.3, -0.25) is 4.98 Å². The lowest BCUT2D eigenvalue weighted by Gasteiger charge is -2.10. The number of nitrogens with zero attached hydrogens (tertiary/aromatic N) is 5. The Balaban J connectivity index is 1.53. The van der Waals surface area contributed by atoms with Gasteiger partial charge >= 0.3 is 6.61 Å². The van der Waals surface area contributed by atoms with Gasteiger partial charge in [-0.2, -0.15) is 8.78 Å². The fourth-order valence-corrected chi connectivity index (χ4v) is 3.31. The van der Waals surface area contributed by atoms with Crippen LogP contribution in [0.25, 0.3) is 27.9 Å². The van der Waals surface area contributed by atoms with Gasteiger partial charge in [-0.1, -0.05) is 0 Å². The van der Waals surface area contributed by atoms with Crippen molar-refractivity contribution in [3.8, 4) is 28.8 Å². The summed E-state index contributed by atoms with van der Waals surface area (Å²) in [6.45, 7) is -2.88. The molecular weight excluding hydrogens is 392 g/mol. The van der Waals surface area contributed by atoms with Crippen LogP contribution >= 0.6 is 0 Å². The predicted molar refractivity (Wildman–Crippen MR) is 106 cm³/mol. The molecule has 3 aromatic heterocycles. The van der Waals surface area contributed by atoms with E-state index in [0.717, 1.165) is 10.9 Å². The topological polar surface area (TPSA) is 66.5 Å². The van der Waals surface area contributed by atoms with E-state index in [4.69, 9.17) is 4.74 Å². The number of rotatable bonds is 5. The molecule has 0 bridgehead atoms. The lowest BCUT2D eigenvalue weighted by molar-refractivity contribution is -0.0498. The maximum atomic E-state index is 12.4. The molecule has 0 amide bonds. The Morgan fingerprint density at radius 2 is 1.73 bits per heavy atom. The molecule has 0 saturated heterocycles. The molecule has 0 N–H and O–H groups in total. The first-order valence-electron chi connectivity index (χ1n) is 9.06. The van der Waals surface area contributed by atoms with Crippen LogP contribution in [-0.2, 0) is 7.05 Å². The van der Waals surface area contributed by atoms with E-state index in [1.165, 1.54) is 12.1 Å². The number of hydrogen-bond donors (Lipinski definition) is 0. The zero-order chi connectivity index (χ0) is 20.7. The van der Waals surface area contributed by atoms with Gasteiger partial charge < -0.3 is 14.0 Å². The molecule has 0 aliphatic heterocycles. The summed E-state index contributed by atoms with van der Waals surface area (Å²) in [5, 5.41) is 9.40. The molecule has 5 rings (SSSR count). The van der Waals surface area contributed by atoms with E-state index >= 15 is 0 Å². The maximum Gasteiger partial charge on any atom is 0.387 e. The summed E-state index contributed by atoms with van der Waals surface area (Å²) in [5.74, 6) is 1.63. The second kappa shape index (κ2) is 7.11. The van der Waals surface area contributed by atoms with Crippen LogP contribution < -0.4 is 9.47 Å². The van der Waals surface area contributed by atoms with E-state index in [-0.39, 0.29) is 5.75 Å². The van der Waals surface area contributed by atoms with Crippen molar-refractivity contribution in [3.63, 3.8) is 0 Å². The van der Waals surface area contributed by atoms with Crippen molar-refractivity contribution in [1.29, 1.82) is 0 Å². The average molecular weight is 407 g/mol. The highest BCUT2D eigenvalue weighted by atomic mass is 19.3. The maximum absolute atomic E-state index is 12.4. The first kappa shape index (κ1) is 18.0. The van der Waals surface area contributed by atoms with Gasteiger partial charge in [-0.05, 0) is 48.5 Å². The lowest BCUT2D eigenvalue weighted by atomic mass is 10.2. The molecular formula is C21H15F2N5O2. The molecule has 9 heteroatoms. The highest BCUT2D eigenvalue weighted by molar-refractivity contribution is 5.81. The minimum absolute atomic E-state index is 0.0666. The molecule has 0 aliphatic carbocycles. The quantitative estimate of drug-likeness (QED) is 0.423. The Morgan fingerprint density at radius 1 is 0.933 bits per heavy atom. The van der Waals surface area contributed by atoms with E-state index in [0.29, 0.717) is 28.7 Å². The van der Waals surface area contributed by atoms with Crippen LogP contribution in [0.5, 0.6) is 17.4 Å². The number of aromatic nitrogens is 5. The third-order valence-electron chi connectivity index (χ3n) is 4.70. The molecule has 2 aromatic carbocycles. The smallest absolute Gasteiger partial charge is 0.387 e. The highest BCUT2D eigenvalue weighted by Gasteiger charge is 2.14. The van der Waals surface area contributed by atoms with E-state index in [9.17, 15) is 8.78 Å². The number of fused-ring (bicyclic) bond motifs is 2. The average Bonchev–Trinajstić information content (AvgIpc) is 3.33. The largest absolute Gasteiger partial charge is 0.439 e.